The summed E-state index contributed by atoms with van der Waals surface area (Å²) in [5, 5.41) is 12.0. The number of nitrogens with one attached hydrogen (secondary N) is 1. The smallest absolute Gasteiger partial charge is 0.161 e. The molecule has 1 aromatic rings. The fourth-order valence-corrected chi connectivity index (χ4v) is 1.64. The Hall–Kier alpha value is -1.86. The van der Waals surface area contributed by atoms with Gasteiger partial charge in [-0.2, -0.15) is 5.26 Å². The second kappa shape index (κ2) is 7.55. The lowest BCUT2D eigenvalue weighted by Crippen LogP contribution is -2.14. The van der Waals surface area contributed by atoms with E-state index in [0.717, 1.165) is 6.61 Å². The lowest BCUT2D eigenvalue weighted by Gasteiger charge is -2.11. The molecule has 4 nitrogen and oxygen atoms in total. The van der Waals surface area contributed by atoms with Gasteiger partial charge >= 0.3 is 0 Å². The summed E-state index contributed by atoms with van der Waals surface area (Å²) in [7, 11) is 0. The molecule has 19 heavy (non-hydrogen) atoms. The van der Waals surface area contributed by atoms with Crippen LogP contribution >= 0.6 is 0 Å². The second-order valence-electron chi connectivity index (χ2n) is 4.82. The summed E-state index contributed by atoms with van der Waals surface area (Å²) in [5.74, 6) is 0.491. The average Bonchev–Trinajstić information content (AvgIpc) is 2.37. The maximum absolute atomic E-state index is 11.5. The first-order chi connectivity index (χ1) is 9.04. The van der Waals surface area contributed by atoms with Gasteiger partial charge in [0.05, 0.1) is 18.2 Å². The van der Waals surface area contributed by atoms with Crippen molar-refractivity contribution in [3.05, 3.63) is 29.3 Å². The number of Topliss-reactive ketones (excluding diaryl/α,β-unsaturated/α-hetero) is 1. The maximum atomic E-state index is 11.5. The highest BCUT2D eigenvalue weighted by molar-refractivity contribution is 5.99. The van der Waals surface area contributed by atoms with Crippen LogP contribution in [0.2, 0.25) is 0 Å². The van der Waals surface area contributed by atoms with Gasteiger partial charge in [0, 0.05) is 24.4 Å². The molecule has 0 spiro atoms. The van der Waals surface area contributed by atoms with E-state index in [-0.39, 0.29) is 5.78 Å². The van der Waals surface area contributed by atoms with E-state index in [0.29, 0.717) is 35.9 Å². The minimum absolute atomic E-state index is 0.0184. The van der Waals surface area contributed by atoms with Crippen LogP contribution in [0.1, 0.15) is 36.7 Å². The van der Waals surface area contributed by atoms with Crippen molar-refractivity contribution < 1.29 is 9.53 Å². The molecule has 0 bridgehead atoms. The fraction of sp³-hybridized carbons (Fsp3) is 0.467. The highest BCUT2D eigenvalue weighted by Gasteiger charge is 2.07. The number of nitriles is 1. The van der Waals surface area contributed by atoms with E-state index < -0.39 is 0 Å². The molecular formula is C15H20N2O2. The first-order valence-electron chi connectivity index (χ1n) is 6.41. The van der Waals surface area contributed by atoms with E-state index in [1.54, 1.807) is 18.2 Å². The number of rotatable bonds is 7. The summed E-state index contributed by atoms with van der Waals surface area (Å²) >= 11 is 0. The molecule has 0 aliphatic carbocycles. The van der Waals surface area contributed by atoms with Crippen molar-refractivity contribution in [2.75, 3.05) is 25.1 Å². The lowest BCUT2D eigenvalue weighted by atomic mass is 10.1. The molecule has 0 aliphatic heterocycles. The summed E-state index contributed by atoms with van der Waals surface area (Å²) in [4.78, 5) is 11.5. The molecule has 0 saturated heterocycles. The number of hydrogen-bond donors (Lipinski definition) is 1. The fourth-order valence-electron chi connectivity index (χ4n) is 1.64. The van der Waals surface area contributed by atoms with E-state index in [2.05, 4.69) is 25.2 Å². The molecule has 0 aliphatic rings. The molecule has 0 saturated carbocycles. The molecular weight excluding hydrogens is 240 g/mol. The predicted molar refractivity (Wildman–Crippen MR) is 75.3 cm³/mol. The monoisotopic (exact) mass is 260 g/mol. The van der Waals surface area contributed by atoms with Crippen LogP contribution in [0.5, 0.6) is 0 Å². The van der Waals surface area contributed by atoms with E-state index in [1.807, 2.05) is 0 Å². The van der Waals surface area contributed by atoms with Gasteiger partial charge in [0.15, 0.2) is 5.78 Å². The SMILES string of the molecule is CC(=O)c1ccc(C#N)cc1NCCOCC(C)C. The third-order valence-electron chi connectivity index (χ3n) is 2.54. The zero-order chi connectivity index (χ0) is 14.3. The first-order valence-corrected chi connectivity index (χ1v) is 6.41. The molecule has 102 valence electrons. The number of carbonyl (C=O) groups excluding carboxylic acids is 1. The van der Waals surface area contributed by atoms with Gasteiger partial charge < -0.3 is 10.1 Å². The number of anilines is 1. The van der Waals surface area contributed by atoms with Gasteiger partial charge in [0.1, 0.15) is 0 Å². The molecule has 0 amide bonds. The van der Waals surface area contributed by atoms with E-state index in [1.165, 1.54) is 6.92 Å². The summed E-state index contributed by atoms with van der Waals surface area (Å²) < 4.78 is 5.46. The third-order valence-corrected chi connectivity index (χ3v) is 2.54. The van der Waals surface area contributed by atoms with Crippen LogP contribution in [-0.2, 0) is 4.74 Å². The minimum Gasteiger partial charge on any atom is -0.382 e. The molecule has 1 rings (SSSR count). The topological polar surface area (TPSA) is 62.1 Å². The first kappa shape index (κ1) is 15.2. The molecule has 0 radical (unpaired) electrons. The molecule has 0 heterocycles. The summed E-state index contributed by atoms with van der Waals surface area (Å²) in [5.41, 5.74) is 1.83. The number of benzene rings is 1. The molecule has 0 atom stereocenters. The largest absolute Gasteiger partial charge is 0.382 e. The normalized spacial score (nSPS) is 10.3. The Kier molecular flexibility index (Phi) is 6.04. The minimum atomic E-state index is -0.0184. The van der Waals surface area contributed by atoms with Crippen molar-refractivity contribution in [3.8, 4) is 6.07 Å². The van der Waals surface area contributed by atoms with E-state index in [9.17, 15) is 4.79 Å². The third kappa shape index (κ3) is 5.11. The van der Waals surface area contributed by atoms with Crippen molar-refractivity contribution >= 4 is 11.5 Å². The highest BCUT2D eigenvalue weighted by Crippen LogP contribution is 2.18. The standard InChI is InChI=1S/C15H20N2O2/c1-11(2)10-19-7-6-17-15-8-13(9-16)4-5-14(15)12(3)18/h4-5,8,11,17H,6-7,10H2,1-3H3. The van der Waals surface area contributed by atoms with Crippen molar-refractivity contribution in [2.24, 2.45) is 5.92 Å². The van der Waals surface area contributed by atoms with Gasteiger partial charge in [-0.15, -0.1) is 0 Å². The molecule has 4 heteroatoms. The highest BCUT2D eigenvalue weighted by atomic mass is 16.5. The van der Waals surface area contributed by atoms with Crippen LogP contribution in [0.15, 0.2) is 18.2 Å². The number of carbonyl (C=O) groups is 1. The maximum Gasteiger partial charge on any atom is 0.161 e. The van der Waals surface area contributed by atoms with Gasteiger partial charge in [-0.3, -0.25) is 4.79 Å². The Morgan fingerprint density at radius 3 is 2.79 bits per heavy atom. The van der Waals surface area contributed by atoms with Crippen LogP contribution in [0.3, 0.4) is 0 Å². The van der Waals surface area contributed by atoms with Gasteiger partial charge in [-0.25, -0.2) is 0 Å². The van der Waals surface area contributed by atoms with Crippen LogP contribution in [0.25, 0.3) is 0 Å². The van der Waals surface area contributed by atoms with Crippen LogP contribution in [0.4, 0.5) is 5.69 Å². The molecule has 1 N–H and O–H groups in total. The van der Waals surface area contributed by atoms with E-state index in [4.69, 9.17) is 10.00 Å². The van der Waals surface area contributed by atoms with Crippen LogP contribution in [0, 0.1) is 17.2 Å². The van der Waals surface area contributed by atoms with Crippen LogP contribution < -0.4 is 5.32 Å². The number of ketones is 1. The molecule has 0 fully saturated rings. The Balaban J connectivity index is 2.60. The van der Waals surface area contributed by atoms with Gasteiger partial charge in [0.25, 0.3) is 0 Å². The zero-order valence-corrected chi connectivity index (χ0v) is 11.7. The van der Waals surface area contributed by atoms with Gasteiger partial charge in [0.2, 0.25) is 0 Å². The van der Waals surface area contributed by atoms with Crippen LogP contribution in [-0.4, -0.2) is 25.5 Å². The Morgan fingerprint density at radius 1 is 1.47 bits per heavy atom. The number of ether oxygens (including phenoxy) is 1. The van der Waals surface area contributed by atoms with Gasteiger partial charge in [-0.1, -0.05) is 13.8 Å². The lowest BCUT2D eigenvalue weighted by molar-refractivity contribution is 0.101. The summed E-state index contributed by atoms with van der Waals surface area (Å²) in [6.07, 6.45) is 0. The second-order valence-corrected chi connectivity index (χ2v) is 4.82. The predicted octanol–water partition coefficient (Wildman–Crippen LogP) is 2.85. The molecule has 0 unspecified atom stereocenters. The van der Waals surface area contributed by atoms with Crippen molar-refractivity contribution in [2.45, 2.75) is 20.8 Å². The summed E-state index contributed by atoms with van der Waals surface area (Å²) in [6.45, 7) is 7.62. The van der Waals surface area contributed by atoms with Crippen molar-refractivity contribution in [1.82, 2.24) is 0 Å². The summed E-state index contributed by atoms with van der Waals surface area (Å²) in [6, 6.07) is 7.09. The van der Waals surface area contributed by atoms with Crippen molar-refractivity contribution in [3.63, 3.8) is 0 Å². The average molecular weight is 260 g/mol. The Bertz CT molecular complexity index is 476. The Labute approximate surface area is 114 Å². The Morgan fingerprint density at radius 2 is 2.21 bits per heavy atom. The molecule has 0 aromatic heterocycles. The zero-order valence-electron chi connectivity index (χ0n) is 11.7. The van der Waals surface area contributed by atoms with Gasteiger partial charge in [-0.05, 0) is 31.0 Å². The van der Waals surface area contributed by atoms with Crippen molar-refractivity contribution in [1.29, 1.82) is 5.26 Å². The van der Waals surface area contributed by atoms with E-state index >= 15 is 0 Å². The molecule has 1 aromatic carbocycles. The number of hydrogen-bond acceptors (Lipinski definition) is 4. The quantitative estimate of drug-likeness (QED) is 0.605. The number of nitrogens with zero attached hydrogens (tertiary/aromatic N) is 1.